The lowest BCUT2D eigenvalue weighted by Crippen LogP contribution is -2.35. The van der Waals surface area contributed by atoms with E-state index in [-0.39, 0.29) is 12.0 Å². The Morgan fingerprint density at radius 1 is 1.29 bits per heavy atom. The minimum Gasteiger partial charge on any atom is -0.393 e. The number of anilines is 1. The highest BCUT2D eigenvalue weighted by Crippen LogP contribution is 2.17. The van der Waals surface area contributed by atoms with Crippen LogP contribution in [0.2, 0.25) is 0 Å². The van der Waals surface area contributed by atoms with E-state index in [0.717, 1.165) is 49.4 Å². The number of carbonyl (C=O) groups excluding carboxylic acids is 1. The summed E-state index contributed by atoms with van der Waals surface area (Å²) >= 11 is 0. The fourth-order valence-electron chi connectivity index (χ4n) is 3.40. The van der Waals surface area contributed by atoms with Gasteiger partial charge in [-0.3, -0.25) is 14.4 Å². The zero-order valence-electron chi connectivity index (χ0n) is 15.8. The minimum absolute atomic E-state index is 0.173. The highest BCUT2D eigenvalue weighted by molar-refractivity contribution is 6.02. The van der Waals surface area contributed by atoms with Crippen LogP contribution < -0.4 is 5.32 Å². The van der Waals surface area contributed by atoms with Crippen LogP contribution in [0.4, 0.5) is 5.69 Å². The van der Waals surface area contributed by atoms with Crippen molar-refractivity contribution in [3.05, 3.63) is 60.4 Å². The van der Waals surface area contributed by atoms with E-state index in [1.165, 1.54) is 0 Å². The molecule has 2 aromatic heterocycles. The molecule has 0 unspecified atom stereocenters. The molecule has 28 heavy (non-hydrogen) atoms. The Morgan fingerprint density at radius 3 is 2.86 bits per heavy atom. The number of aromatic nitrogens is 4. The van der Waals surface area contributed by atoms with Gasteiger partial charge >= 0.3 is 0 Å². The van der Waals surface area contributed by atoms with Crippen molar-refractivity contribution in [3.63, 3.8) is 0 Å². The third kappa shape index (κ3) is 4.29. The van der Waals surface area contributed by atoms with Gasteiger partial charge in [-0.05, 0) is 30.5 Å². The summed E-state index contributed by atoms with van der Waals surface area (Å²) in [6.07, 6.45) is 8.32. The Kier molecular flexibility index (Phi) is 5.23. The number of nitrogens with zero attached hydrogens (tertiary/aromatic N) is 5. The molecular formula is C20H24N6O2. The summed E-state index contributed by atoms with van der Waals surface area (Å²) in [5.74, 6) is -0.249. The average Bonchev–Trinajstić information content (AvgIpc) is 3.33. The lowest BCUT2D eigenvalue weighted by atomic mass is 10.1. The number of imidazole rings is 1. The van der Waals surface area contributed by atoms with E-state index >= 15 is 0 Å². The van der Waals surface area contributed by atoms with Crippen molar-refractivity contribution in [3.8, 4) is 5.69 Å². The number of aliphatic hydroxyl groups excluding tert-OH is 1. The number of amides is 1. The molecule has 4 rings (SSSR count). The fourth-order valence-corrected chi connectivity index (χ4v) is 3.40. The lowest BCUT2D eigenvalue weighted by Gasteiger charge is -2.29. The Labute approximate surface area is 163 Å². The molecule has 8 heteroatoms. The first-order valence-corrected chi connectivity index (χ1v) is 9.40. The molecule has 1 saturated heterocycles. The number of aryl methyl sites for hydroxylation is 1. The summed E-state index contributed by atoms with van der Waals surface area (Å²) in [5, 5.41) is 16.7. The van der Waals surface area contributed by atoms with Gasteiger partial charge in [0.1, 0.15) is 12.0 Å². The van der Waals surface area contributed by atoms with E-state index in [1.54, 1.807) is 28.0 Å². The zero-order valence-corrected chi connectivity index (χ0v) is 15.8. The highest BCUT2D eigenvalue weighted by atomic mass is 16.3. The molecule has 2 N–H and O–H groups in total. The number of benzene rings is 1. The van der Waals surface area contributed by atoms with Crippen molar-refractivity contribution in [1.29, 1.82) is 0 Å². The Bertz CT molecular complexity index is 955. The molecule has 3 aromatic rings. The third-order valence-corrected chi connectivity index (χ3v) is 4.95. The van der Waals surface area contributed by atoms with Crippen molar-refractivity contribution in [2.75, 3.05) is 18.4 Å². The van der Waals surface area contributed by atoms with Gasteiger partial charge in [0.2, 0.25) is 0 Å². The minimum atomic E-state index is -0.249. The molecule has 3 heterocycles. The summed E-state index contributed by atoms with van der Waals surface area (Å²) in [4.78, 5) is 19.1. The second-order valence-electron chi connectivity index (χ2n) is 7.20. The molecule has 0 saturated carbocycles. The summed E-state index contributed by atoms with van der Waals surface area (Å²) in [6, 6.07) is 7.86. The first-order chi connectivity index (χ1) is 13.6. The smallest absolute Gasteiger partial charge is 0.275 e. The Morgan fingerprint density at radius 2 is 2.11 bits per heavy atom. The molecule has 0 atom stereocenters. The van der Waals surface area contributed by atoms with E-state index in [1.807, 2.05) is 31.4 Å². The van der Waals surface area contributed by atoms with E-state index in [9.17, 15) is 9.90 Å². The molecule has 1 fully saturated rings. The average molecular weight is 380 g/mol. The maximum absolute atomic E-state index is 12.6. The maximum atomic E-state index is 12.6. The van der Waals surface area contributed by atoms with E-state index in [0.29, 0.717) is 5.69 Å². The molecule has 1 aromatic carbocycles. The largest absolute Gasteiger partial charge is 0.393 e. The van der Waals surface area contributed by atoms with Gasteiger partial charge in [-0.1, -0.05) is 12.1 Å². The van der Waals surface area contributed by atoms with Crippen LogP contribution >= 0.6 is 0 Å². The van der Waals surface area contributed by atoms with Crippen LogP contribution in [-0.2, 0) is 13.6 Å². The molecule has 0 radical (unpaired) electrons. The van der Waals surface area contributed by atoms with E-state index in [4.69, 9.17) is 0 Å². The van der Waals surface area contributed by atoms with Gasteiger partial charge in [-0.2, -0.15) is 5.10 Å². The second-order valence-corrected chi connectivity index (χ2v) is 7.20. The third-order valence-electron chi connectivity index (χ3n) is 4.95. The van der Waals surface area contributed by atoms with Crippen LogP contribution in [0.25, 0.3) is 5.69 Å². The van der Waals surface area contributed by atoms with Crippen molar-refractivity contribution in [1.82, 2.24) is 24.2 Å². The van der Waals surface area contributed by atoms with Gasteiger partial charge in [-0.15, -0.1) is 0 Å². The molecule has 1 aliphatic rings. The molecule has 0 aliphatic carbocycles. The van der Waals surface area contributed by atoms with Gasteiger partial charge in [0, 0.05) is 44.8 Å². The Hall–Kier alpha value is -2.97. The zero-order chi connectivity index (χ0) is 19.5. The van der Waals surface area contributed by atoms with Crippen LogP contribution in [0.1, 0.15) is 28.9 Å². The van der Waals surface area contributed by atoms with Crippen LogP contribution in [0, 0.1) is 0 Å². The van der Waals surface area contributed by atoms with E-state index < -0.39 is 0 Å². The summed E-state index contributed by atoms with van der Waals surface area (Å²) in [5.41, 5.74) is 3.08. The normalized spacial score (nSPS) is 15.6. The number of carbonyl (C=O) groups is 1. The van der Waals surface area contributed by atoms with Gasteiger partial charge in [0.05, 0.1) is 18.0 Å². The predicted octanol–water partition coefficient (Wildman–Crippen LogP) is 1.81. The number of rotatable bonds is 5. The number of nitrogens with one attached hydrogen (secondary N) is 1. The quantitative estimate of drug-likeness (QED) is 0.705. The molecule has 1 amide bonds. The van der Waals surface area contributed by atoms with Crippen LogP contribution in [0.3, 0.4) is 0 Å². The molecule has 0 spiro atoms. The number of hydrogen-bond donors (Lipinski definition) is 2. The number of likely N-dealkylation sites (tertiary alicyclic amines) is 1. The number of aliphatic hydroxyl groups is 1. The van der Waals surface area contributed by atoms with Crippen molar-refractivity contribution < 1.29 is 9.90 Å². The van der Waals surface area contributed by atoms with Crippen LogP contribution in [0.5, 0.6) is 0 Å². The number of hydrogen-bond acceptors (Lipinski definition) is 5. The van der Waals surface area contributed by atoms with Crippen LogP contribution in [-0.4, -0.2) is 54.4 Å². The first-order valence-electron chi connectivity index (χ1n) is 9.40. The van der Waals surface area contributed by atoms with Crippen molar-refractivity contribution in [2.24, 2.45) is 7.05 Å². The first kappa shape index (κ1) is 18.4. The topological polar surface area (TPSA) is 88.2 Å². The van der Waals surface area contributed by atoms with Gasteiger partial charge in [0.15, 0.2) is 0 Å². The number of piperidine rings is 1. The molecule has 0 bridgehead atoms. The van der Waals surface area contributed by atoms with Gasteiger partial charge in [0.25, 0.3) is 5.91 Å². The SMILES string of the molecule is Cn1cc(-n2cnc(C(=O)Nc3cccc(CN4CCC(O)CC4)c3)c2)cn1. The monoisotopic (exact) mass is 380 g/mol. The Balaban J connectivity index is 1.40. The molecular weight excluding hydrogens is 356 g/mol. The van der Waals surface area contributed by atoms with Crippen molar-refractivity contribution in [2.45, 2.75) is 25.5 Å². The molecule has 8 nitrogen and oxygen atoms in total. The summed E-state index contributed by atoms with van der Waals surface area (Å²) < 4.78 is 3.47. The lowest BCUT2D eigenvalue weighted by molar-refractivity contribution is 0.0792. The predicted molar refractivity (Wildman–Crippen MR) is 105 cm³/mol. The second kappa shape index (κ2) is 7.95. The van der Waals surface area contributed by atoms with Gasteiger partial charge in [-0.25, -0.2) is 4.98 Å². The van der Waals surface area contributed by atoms with Crippen LogP contribution in [0.15, 0.2) is 49.2 Å². The maximum Gasteiger partial charge on any atom is 0.275 e. The molecule has 146 valence electrons. The fraction of sp³-hybridized carbons (Fsp3) is 0.350. The van der Waals surface area contributed by atoms with E-state index in [2.05, 4.69) is 26.4 Å². The summed E-state index contributed by atoms with van der Waals surface area (Å²) in [6.45, 7) is 2.60. The standard InChI is InChI=1S/C20H24N6O2/c1-24-12-17(10-22-24)26-13-19(21-14-26)20(28)23-16-4-2-3-15(9-16)11-25-7-5-18(27)6-8-25/h2-4,9-10,12-14,18,27H,5-8,11H2,1H3,(H,23,28). The highest BCUT2D eigenvalue weighted by Gasteiger charge is 2.17. The summed E-state index contributed by atoms with van der Waals surface area (Å²) in [7, 11) is 1.84. The molecule has 1 aliphatic heterocycles. The van der Waals surface area contributed by atoms with Gasteiger partial charge < -0.3 is 15.0 Å². The van der Waals surface area contributed by atoms with Crippen molar-refractivity contribution >= 4 is 11.6 Å².